The van der Waals surface area contributed by atoms with E-state index in [1.807, 2.05) is 0 Å². The summed E-state index contributed by atoms with van der Waals surface area (Å²) in [7, 11) is 0. The molecule has 0 saturated carbocycles. The number of anilines is 1. The topological polar surface area (TPSA) is 123 Å². The minimum absolute atomic E-state index is 0.0510. The number of amides is 2. The van der Waals surface area contributed by atoms with Crippen molar-refractivity contribution < 1.29 is 28.7 Å². The van der Waals surface area contributed by atoms with Gasteiger partial charge in [-0.3, -0.25) is 14.8 Å². The maximum atomic E-state index is 13.7. The third-order valence-electron chi connectivity index (χ3n) is 5.57. The van der Waals surface area contributed by atoms with E-state index in [4.69, 9.17) is 5.21 Å². The molecular formula is C29H28F2N4O4. The lowest BCUT2D eigenvalue weighted by molar-refractivity contribution is -0.133. The highest BCUT2D eigenvalue weighted by molar-refractivity contribution is 5.92. The molecule has 0 spiro atoms. The zero-order valence-electron chi connectivity index (χ0n) is 21.1. The molecule has 3 aromatic rings. The first kappa shape index (κ1) is 29.0. The number of nitrogens with one attached hydrogen (secondary N) is 4. The van der Waals surface area contributed by atoms with Gasteiger partial charge in [-0.2, -0.15) is 0 Å². The van der Waals surface area contributed by atoms with Crippen LogP contribution in [0.5, 0.6) is 0 Å². The Morgan fingerprint density at radius 2 is 1.59 bits per heavy atom. The molecular weight excluding hydrogens is 506 g/mol. The monoisotopic (exact) mass is 534 g/mol. The van der Waals surface area contributed by atoms with Crippen LogP contribution in [-0.2, 0) is 16.1 Å². The van der Waals surface area contributed by atoms with Crippen LogP contribution in [0.15, 0.2) is 73.3 Å². The van der Waals surface area contributed by atoms with Crippen LogP contribution < -0.4 is 21.4 Å². The van der Waals surface area contributed by atoms with E-state index in [1.54, 1.807) is 48.5 Å². The molecule has 8 nitrogen and oxygen atoms in total. The fourth-order valence-corrected chi connectivity index (χ4v) is 3.46. The molecule has 0 bridgehead atoms. The molecule has 202 valence electrons. The van der Waals surface area contributed by atoms with E-state index in [-0.39, 0.29) is 24.6 Å². The number of hydroxylamine groups is 1. The van der Waals surface area contributed by atoms with Crippen LogP contribution in [0.1, 0.15) is 29.2 Å². The quantitative estimate of drug-likeness (QED) is 0.135. The highest BCUT2D eigenvalue weighted by Gasteiger charge is 2.23. The van der Waals surface area contributed by atoms with Crippen LogP contribution in [0.4, 0.5) is 14.5 Å². The molecule has 0 fully saturated rings. The second kappa shape index (κ2) is 13.8. The Morgan fingerprint density at radius 1 is 0.974 bits per heavy atom. The van der Waals surface area contributed by atoms with Gasteiger partial charge in [0.25, 0.3) is 5.91 Å². The summed E-state index contributed by atoms with van der Waals surface area (Å²) in [5.74, 6) is 3.64. The van der Waals surface area contributed by atoms with E-state index in [2.05, 4.69) is 34.4 Å². The predicted molar refractivity (Wildman–Crippen MR) is 143 cm³/mol. The lowest BCUT2D eigenvalue weighted by Crippen LogP contribution is -2.48. The van der Waals surface area contributed by atoms with Crippen molar-refractivity contribution in [1.29, 1.82) is 0 Å². The van der Waals surface area contributed by atoms with Crippen molar-refractivity contribution in [3.05, 3.63) is 107 Å². The van der Waals surface area contributed by atoms with Gasteiger partial charge in [-0.25, -0.2) is 14.3 Å². The van der Waals surface area contributed by atoms with Crippen molar-refractivity contribution in [1.82, 2.24) is 16.1 Å². The van der Waals surface area contributed by atoms with Gasteiger partial charge in [0.2, 0.25) is 5.91 Å². The summed E-state index contributed by atoms with van der Waals surface area (Å²) < 4.78 is 26.6. The number of benzene rings is 3. The Balaban J connectivity index is 1.50. The first-order chi connectivity index (χ1) is 18.7. The van der Waals surface area contributed by atoms with Gasteiger partial charge in [-0.15, -0.1) is 0 Å². The Morgan fingerprint density at radius 3 is 2.15 bits per heavy atom. The van der Waals surface area contributed by atoms with Crippen LogP contribution in [0, 0.1) is 23.5 Å². The van der Waals surface area contributed by atoms with Crippen molar-refractivity contribution in [2.75, 3.05) is 11.9 Å². The van der Waals surface area contributed by atoms with E-state index in [0.717, 1.165) is 23.3 Å². The minimum atomic E-state index is -1.07. The Labute approximate surface area is 224 Å². The number of halogens is 2. The second-order valence-electron chi connectivity index (χ2n) is 8.61. The molecule has 2 amide bonds. The van der Waals surface area contributed by atoms with Crippen molar-refractivity contribution >= 4 is 23.2 Å². The summed E-state index contributed by atoms with van der Waals surface area (Å²) in [6.45, 7) is 5.32. The number of hydrogen-bond donors (Lipinski definition) is 6. The number of aliphatic hydroxyl groups excluding tert-OH is 1. The fraction of sp³-hybridized carbons (Fsp3) is 0.172. The van der Waals surface area contributed by atoms with Gasteiger partial charge < -0.3 is 21.1 Å². The van der Waals surface area contributed by atoms with E-state index in [1.165, 1.54) is 18.5 Å². The van der Waals surface area contributed by atoms with E-state index < -0.39 is 29.7 Å². The van der Waals surface area contributed by atoms with Gasteiger partial charge in [-0.05, 0) is 55.0 Å². The molecule has 0 aliphatic carbocycles. The van der Waals surface area contributed by atoms with E-state index in [9.17, 15) is 23.5 Å². The van der Waals surface area contributed by atoms with Crippen LogP contribution >= 0.6 is 0 Å². The lowest BCUT2D eigenvalue weighted by atomic mass is 10.1. The fourth-order valence-electron chi connectivity index (χ4n) is 3.46. The van der Waals surface area contributed by atoms with Crippen molar-refractivity contribution in [3.8, 4) is 11.8 Å². The minimum Gasteiger partial charge on any atom is -0.391 e. The average molecular weight is 535 g/mol. The summed E-state index contributed by atoms with van der Waals surface area (Å²) >= 11 is 0. The molecule has 39 heavy (non-hydrogen) atoms. The molecule has 2 atom stereocenters. The molecule has 0 unspecified atom stereocenters. The van der Waals surface area contributed by atoms with Gasteiger partial charge >= 0.3 is 0 Å². The van der Waals surface area contributed by atoms with Crippen molar-refractivity contribution in [2.45, 2.75) is 25.6 Å². The summed E-state index contributed by atoms with van der Waals surface area (Å²) in [5.41, 5.74) is 4.86. The number of rotatable bonds is 10. The highest BCUT2D eigenvalue weighted by Crippen LogP contribution is 2.14. The van der Waals surface area contributed by atoms with Crippen LogP contribution in [0.3, 0.4) is 0 Å². The normalized spacial score (nSPS) is 11.9. The number of carbonyl (C=O) groups excluding carboxylic acids is 2. The third kappa shape index (κ3) is 8.76. The summed E-state index contributed by atoms with van der Waals surface area (Å²) in [5, 5.41) is 26.9. The lowest BCUT2D eigenvalue weighted by Gasteiger charge is -2.21. The molecule has 3 rings (SSSR count). The number of aliphatic hydroxyl groups is 1. The maximum Gasteiger partial charge on any atom is 0.268 e. The Bertz CT molecular complexity index is 1380. The standard InChI is InChI=1S/C29H28F2N4O4/c1-18(33-28(19(2)36)29(38)35-39)22-9-5-20(6-10-22)3-4-21-7-13-25(14-8-21)34-27(37)17-32-16-23-11-12-24(30)15-26(23)31/h5-15,19,28,32-33,36,39H,1,16-17H2,2H3,(H,34,37)(H,35,38)/t19-,28+/m1/s1. The van der Waals surface area contributed by atoms with Gasteiger partial charge in [0.15, 0.2) is 0 Å². The summed E-state index contributed by atoms with van der Waals surface area (Å²) in [4.78, 5) is 23.8. The molecule has 0 heterocycles. The van der Waals surface area contributed by atoms with Crippen LogP contribution in [0.25, 0.3) is 5.70 Å². The maximum absolute atomic E-state index is 13.7. The van der Waals surface area contributed by atoms with Crippen molar-refractivity contribution in [3.63, 3.8) is 0 Å². The largest absolute Gasteiger partial charge is 0.391 e. The zero-order valence-corrected chi connectivity index (χ0v) is 21.1. The molecule has 0 aliphatic heterocycles. The zero-order chi connectivity index (χ0) is 28.4. The summed E-state index contributed by atoms with van der Waals surface area (Å²) in [6, 6.07) is 16.2. The molecule has 0 saturated heterocycles. The molecule has 10 heteroatoms. The van der Waals surface area contributed by atoms with Crippen molar-refractivity contribution in [2.24, 2.45) is 0 Å². The van der Waals surface area contributed by atoms with Gasteiger partial charge in [0, 0.05) is 40.7 Å². The Hall–Kier alpha value is -4.56. The van der Waals surface area contributed by atoms with Crippen LogP contribution in [0.2, 0.25) is 0 Å². The molecule has 0 radical (unpaired) electrons. The van der Waals surface area contributed by atoms with Gasteiger partial charge in [0.05, 0.1) is 12.6 Å². The van der Waals surface area contributed by atoms with Crippen LogP contribution in [-0.4, -0.2) is 40.8 Å². The Kier molecular flexibility index (Phi) is 10.3. The molecule has 0 aliphatic rings. The number of carbonyl (C=O) groups is 2. The smallest absolute Gasteiger partial charge is 0.268 e. The van der Waals surface area contributed by atoms with Gasteiger partial charge in [-0.1, -0.05) is 36.6 Å². The number of hydrogen-bond acceptors (Lipinski definition) is 6. The second-order valence-corrected chi connectivity index (χ2v) is 8.61. The molecule has 0 aromatic heterocycles. The first-order valence-electron chi connectivity index (χ1n) is 11.9. The predicted octanol–water partition coefficient (Wildman–Crippen LogP) is 2.91. The third-order valence-corrected chi connectivity index (χ3v) is 5.57. The highest BCUT2D eigenvalue weighted by atomic mass is 19.1. The van der Waals surface area contributed by atoms with E-state index in [0.29, 0.717) is 16.9 Å². The van der Waals surface area contributed by atoms with Gasteiger partial charge in [0.1, 0.15) is 17.7 Å². The SMILES string of the molecule is C=C(N[C@H](C(=O)NO)[C@@H](C)O)c1ccc(C#Cc2ccc(NC(=O)CNCc3ccc(F)cc3F)cc2)cc1. The average Bonchev–Trinajstić information content (AvgIpc) is 2.92. The molecule has 3 aromatic carbocycles. The summed E-state index contributed by atoms with van der Waals surface area (Å²) in [6.07, 6.45) is -1.06. The first-order valence-corrected chi connectivity index (χ1v) is 11.9. The van der Waals surface area contributed by atoms with E-state index >= 15 is 0 Å². The molecule has 6 N–H and O–H groups in total.